The van der Waals surface area contributed by atoms with Crippen molar-refractivity contribution in [3.8, 4) is 0 Å². The molecule has 1 amide bonds. The summed E-state index contributed by atoms with van der Waals surface area (Å²) >= 11 is 6.08. The summed E-state index contributed by atoms with van der Waals surface area (Å²) in [7, 11) is 0. The average molecular weight is 311 g/mol. The van der Waals surface area contributed by atoms with E-state index in [2.05, 4.69) is 10.6 Å². The second-order valence-electron chi connectivity index (χ2n) is 5.34. The maximum absolute atomic E-state index is 11.9. The highest BCUT2D eigenvalue weighted by Crippen LogP contribution is 2.32. The van der Waals surface area contributed by atoms with Crippen molar-refractivity contribution in [2.45, 2.75) is 31.8 Å². The molecule has 1 aromatic carbocycles. The zero-order valence-electron chi connectivity index (χ0n) is 11.8. The molecule has 3 N–H and O–H groups in total. The highest BCUT2D eigenvalue weighted by atomic mass is 35.5. The fraction of sp³-hybridized carbons (Fsp3) is 0.467. The van der Waals surface area contributed by atoms with Crippen molar-refractivity contribution in [3.63, 3.8) is 0 Å². The molecule has 2 atom stereocenters. The van der Waals surface area contributed by atoms with Gasteiger partial charge in [0.1, 0.15) is 6.04 Å². The minimum atomic E-state index is -0.899. The Labute approximate surface area is 128 Å². The van der Waals surface area contributed by atoms with E-state index in [1.54, 1.807) is 6.07 Å². The normalized spacial score (nSPS) is 17.0. The van der Waals surface area contributed by atoms with E-state index in [4.69, 9.17) is 16.7 Å². The first-order valence-corrected chi connectivity index (χ1v) is 7.37. The second-order valence-corrected chi connectivity index (χ2v) is 5.75. The number of carbonyl (C=O) groups is 2. The van der Waals surface area contributed by atoms with Crippen molar-refractivity contribution in [1.82, 2.24) is 10.6 Å². The highest BCUT2D eigenvalue weighted by molar-refractivity contribution is 6.31. The summed E-state index contributed by atoms with van der Waals surface area (Å²) in [5, 5.41) is 15.3. The molecule has 0 heterocycles. The summed E-state index contributed by atoms with van der Waals surface area (Å²) in [6.45, 7) is 1.83. The molecule has 114 valence electrons. The number of hydrogen-bond acceptors (Lipinski definition) is 3. The first kappa shape index (κ1) is 15.8. The molecule has 2 rings (SSSR count). The first-order valence-electron chi connectivity index (χ1n) is 6.99. The van der Waals surface area contributed by atoms with Gasteiger partial charge in [0.15, 0.2) is 0 Å². The number of carboxylic acids is 1. The lowest BCUT2D eigenvalue weighted by Crippen LogP contribution is -2.44. The van der Waals surface area contributed by atoms with Crippen molar-refractivity contribution in [1.29, 1.82) is 0 Å². The van der Waals surface area contributed by atoms with Gasteiger partial charge in [0.05, 0.1) is 12.6 Å². The number of carboxylic acid groups (broad SMARTS) is 1. The van der Waals surface area contributed by atoms with Crippen LogP contribution in [0.15, 0.2) is 24.3 Å². The Morgan fingerprint density at radius 2 is 2.05 bits per heavy atom. The van der Waals surface area contributed by atoms with Gasteiger partial charge in [0, 0.05) is 5.02 Å². The van der Waals surface area contributed by atoms with Crippen LogP contribution in [0.25, 0.3) is 0 Å². The lowest BCUT2D eigenvalue weighted by Gasteiger charge is -2.17. The largest absolute Gasteiger partial charge is 0.480 e. The molecule has 1 aliphatic carbocycles. The Kier molecular flexibility index (Phi) is 5.20. The van der Waals surface area contributed by atoms with Crippen LogP contribution >= 0.6 is 11.6 Å². The predicted molar refractivity (Wildman–Crippen MR) is 80.2 cm³/mol. The van der Waals surface area contributed by atoms with Gasteiger partial charge >= 0.3 is 5.97 Å². The number of benzene rings is 1. The van der Waals surface area contributed by atoms with Crippen LogP contribution in [-0.4, -0.2) is 29.6 Å². The van der Waals surface area contributed by atoms with Crippen molar-refractivity contribution in [3.05, 3.63) is 34.9 Å². The van der Waals surface area contributed by atoms with E-state index >= 15 is 0 Å². The predicted octanol–water partition coefficient (Wildman–Crippen LogP) is 1.97. The van der Waals surface area contributed by atoms with Crippen LogP contribution < -0.4 is 10.6 Å². The molecular weight excluding hydrogens is 292 g/mol. The summed E-state index contributed by atoms with van der Waals surface area (Å²) in [5.74, 6) is -0.991. The van der Waals surface area contributed by atoms with E-state index in [0.717, 1.165) is 18.4 Å². The molecule has 0 saturated heterocycles. The second kappa shape index (κ2) is 6.91. The lowest BCUT2D eigenvalue weighted by molar-refractivity contribution is -0.140. The summed E-state index contributed by atoms with van der Waals surface area (Å²) in [6.07, 6.45) is 1.81. The van der Waals surface area contributed by atoms with Crippen molar-refractivity contribution in [2.24, 2.45) is 5.92 Å². The molecule has 1 saturated carbocycles. The van der Waals surface area contributed by atoms with Crippen molar-refractivity contribution < 1.29 is 14.7 Å². The fourth-order valence-electron chi connectivity index (χ4n) is 2.28. The van der Waals surface area contributed by atoms with Crippen LogP contribution in [0.1, 0.15) is 31.4 Å². The molecule has 6 heteroatoms. The van der Waals surface area contributed by atoms with E-state index < -0.39 is 12.0 Å². The number of hydrogen-bond donors (Lipinski definition) is 3. The molecule has 1 aromatic rings. The SMILES string of the molecule is CC(NC(=O)CNC(C(=O)O)C1CC1)c1ccccc1Cl. The quantitative estimate of drug-likeness (QED) is 0.719. The standard InChI is InChI=1S/C15H19ClN2O3/c1-9(11-4-2-3-5-12(11)16)18-13(19)8-17-14(15(20)21)10-6-7-10/h2-5,9-10,14,17H,6-8H2,1H3,(H,18,19)(H,20,21). The zero-order chi connectivity index (χ0) is 15.4. The minimum Gasteiger partial charge on any atom is -0.480 e. The number of halogens is 1. The van der Waals surface area contributed by atoms with E-state index in [0.29, 0.717) is 5.02 Å². The topological polar surface area (TPSA) is 78.4 Å². The molecular formula is C15H19ClN2O3. The van der Waals surface area contributed by atoms with Crippen LogP contribution in [0.4, 0.5) is 0 Å². The average Bonchev–Trinajstić information content (AvgIpc) is 3.23. The summed E-state index contributed by atoms with van der Waals surface area (Å²) in [4.78, 5) is 23.0. The van der Waals surface area contributed by atoms with Crippen LogP contribution in [0.3, 0.4) is 0 Å². The third kappa shape index (κ3) is 4.44. The molecule has 0 bridgehead atoms. The highest BCUT2D eigenvalue weighted by Gasteiger charge is 2.36. The van der Waals surface area contributed by atoms with E-state index in [1.807, 2.05) is 25.1 Å². The molecule has 21 heavy (non-hydrogen) atoms. The minimum absolute atomic E-state index is 0.0116. The van der Waals surface area contributed by atoms with Gasteiger partial charge in [-0.1, -0.05) is 29.8 Å². The molecule has 5 nitrogen and oxygen atoms in total. The molecule has 0 spiro atoms. The first-order chi connectivity index (χ1) is 9.99. The van der Waals surface area contributed by atoms with Crippen molar-refractivity contribution in [2.75, 3.05) is 6.54 Å². The Hall–Kier alpha value is -1.59. The van der Waals surface area contributed by atoms with Crippen LogP contribution in [0.5, 0.6) is 0 Å². The van der Waals surface area contributed by atoms with Gasteiger partial charge in [-0.25, -0.2) is 0 Å². The summed E-state index contributed by atoms with van der Waals surface area (Å²) < 4.78 is 0. The molecule has 1 fully saturated rings. The summed E-state index contributed by atoms with van der Waals surface area (Å²) in [5.41, 5.74) is 0.837. The number of aliphatic carboxylic acids is 1. The third-order valence-electron chi connectivity index (χ3n) is 3.59. The Balaban J connectivity index is 1.84. The van der Waals surface area contributed by atoms with Gasteiger partial charge in [-0.2, -0.15) is 0 Å². The van der Waals surface area contributed by atoms with Gasteiger partial charge in [-0.3, -0.25) is 14.9 Å². The number of carbonyl (C=O) groups excluding carboxylic acids is 1. The van der Waals surface area contributed by atoms with Gasteiger partial charge in [0.2, 0.25) is 5.91 Å². The van der Waals surface area contributed by atoms with Crippen LogP contribution in [-0.2, 0) is 9.59 Å². The van der Waals surface area contributed by atoms with Gasteiger partial charge in [0.25, 0.3) is 0 Å². The number of rotatable bonds is 7. The maximum atomic E-state index is 11.9. The van der Waals surface area contributed by atoms with Gasteiger partial charge in [-0.05, 0) is 37.3 Å². The fourth-order valence-corrected chi connectivity index (χ4v) is 2.58. The number of nitrogens with one attached hydrogen (secondary N) is 2. The summed E-state index contributed by atoms with van der Waals surface area (Å²) in [6, 6.07) is 6.45. The van der Waals surface area contributed by atoms with Gasteiger partial charge in [-0.15, -0.1) is 0 Å². The van der Waals surface area contributed by atoms with Crippen LogP contribution in [0, 0.1) is 5.92 Å². The Bertz CT molecular complexity index is 531. The van der Waals surface area contributed by atoms with Crippen molar-refractivity contribution >= 4 is 23.5 Å². The maximum Gasteiger partial charge on any atom is 0.320 e. The zero-order valence-corrected chi connectivity index (χ0v) is 12.6. The smallest absolute Gasteiger partial charge is 0.320 e. The molecule has 0 aliphatic heterocycles. The molecule has 0 aromatic heterocycles. The number of amides is 1. The molecule has 2 unspecified atom stereocenters. The Morgan fingerprint density at radius 3 is 2.62 bits per heavy atom. The third-order valence-corrected chi connectivity index (χ3v) is 3.94. The molecule has 1 aliphatic rings. The lowest BCUT2D eigenvalue weighted by atomic mass is 10.1. The van der Waals surface area contributed by atoms with E-state index in [-0.39, 0.29) is 24.4 Å². The van der Waals surface area contributed by atoms with Crippen LogP contribution in [0.2, 0.25) is 5.02 Å². The molecule has 0 radical (unpaired) electrons. The monoisotopic (exact) mass is 310 g/mol. The Morgan fingerprint density at radius 1 is 1.38 bits per heavy atom. The van der Waals surface area contributed by atoms with E-state index in [1.165, 1.54) is 0 Å². The van der Waals surface area contributed by atoms with E-state index in [9.17, 15) is 9.59 Å². The van der Waals surface area contributed by atoms with Gasteiger partial charge < -0.3 is 10.4 Å².